The fourth-order valence-corrected chi connectivity index (χ4v) is 2.59. The van der Waals surface area contributed by atoms with Crippen molar-refractivity contribution in [3.05, 3.63) is 36.4 Å². The normalized spacial score (nSPS) is 16.9. The first-order chi connectivity index (χ1) is 8.86. The first-order valence-corrected chi connectivity index (χ1v) is 6.57. The van der Waals surface area contributed by atoms with E-state index >= 15 is 0 Å². The zero-order chi connectivity index (χ0) is 12.4. The Morgan fingerprint density at radius 1 is 0.944 bits per heavy atom. The highest BCUT2D eigenvalue weighted by atomic mass is 16.1. The molecule has 4 rings (SSSR count). The molecule has 0 unspecified atom stereocenters. The third-order valence-corrected chi connectivity index (χ3v) is 3.75. The molecule has 0 saturated carbocycles. The van der Waals surface area contributed by atoms with Crippen molar-refractivity contribution >= 4 is 17.1 Å². The van der Waals surface area contributed by atoms with Crippen LogP contribution in [0.15, 0.2) is 36.4 Å². The fourth-order valence-electron chi connectivity index (χ4n) is 2.59. The van der Waals surface area contributed by atoms with E-state index in [0.29, 0.717) is 5.92 Å². The molecule has 1 N–H and O–H groups in total. The predicted octanol–water partition coefficient (Wildman–Crippen LogP) is 3.01. The molecule has 0 radical (unpaired) electrons. The number of carbonyl (C=O) groups excluding carboxylic acids is 1. The van der Waals surface area contributed by atoms with Gasteiger partial charge in [-0.15, -0.1) is 0 Å². The van der Waals surface area contributed by atoms with Crippen LogP contribution in [0.4, 0.5) is 0 Å². The highest BCUT2D eigenvalue weighted by molar-refractivity contribution is 5.95. The van der Waals surface area contributed by atoms with E-state index in [2.05, 4.69) is 41.7 Å². The fraction of sp³-hybridized carbons (Fsp3) is 0.312. The van der Waals surface area contributed by atoms with Crippen LogP contribution < -0.4 is 5.32 Å². The summed E-state index contributed by atoms with van der Waals surface area (Å²) >= 11 is 0. The molecule has 2 aromatic carbocycles. The van der Waals surface area contributed by atoms with Crippen LogP contribution in [0, 0.1) is 5.92 Å². The molecule has 2 heteroatoms. The highest BCUT2D eigenvalue weighted by Gasteiger charge is 2.10. The summed E-state index contributed by atoms with van der Waals surface area (Å²) in [6.07, 6.45) is 3.13. The van der Waals surface area contributed by atoms with Crippen LogP contribution >= 0.6 is 0 Å². The van der Waals surface area contributed by atoms with Crippen LogP contribution in [0.2, 0.25) is 0 Å². The Bertz CT molecular complexity index is 534. The van der Waals surface area contributed by atoms with E-state index in [-0.39, 0.29) is 0 Å². The molecule has 2 aromatic rings. The summed E-state index contributed by atoms with van der Waals surface area (Å²) in [5.41, 5.74) is 2.74. The van der Waals surface area contributed by atoms with E-state index in [0.717, 1.165) is 32.2 Å². The summed E-state index contributed by atoms with van der Waals surface area (Å²) in [5, 5.41) is 5.93. The molecule has 1 saturated heterocycles. The van der Waals surface area contributed by atoms with Crippen molar-refractivity contribution in [3.8, 4) is 11.1 Å². The number of carbonyl (C=O) groups is 1. The molecule has 0 aromatic heterocycles. The maximum absolute atomic E-state index is 10.1. The Kier molecular flexibility index (Phi) is 3.11. The third kappa shape index (κ3) is 2.16. The largest absolute Gasteiger partial charge is 0.317 e. The van der Waals surface area contributed by atoms with E-state index in [4.69, 9.17) is 0 Å². The number of aldehydes is 1. The van der Waals surface area contributed by atoms with Gasteiger partial charge in [0, 0.05) is 5.92 Å². The zero-order valence-electron chi connectivity index (χ0n) is 10.4. The lowest BCUT2D eigenvalue weighted by Gasteiger charge is -2.16. The predicted molar refractivity (Wildman–Crippen MR) is 74.6 cm³/mol. The first kappa shape index (κ1) is 11.4. The van der Waals surface area contributed by atoms with Gasteiger partial charge in [-0.05, 0) is 60.0 Å². The van der Waals surface area contributed by atoms with Gasteiger partial charge in [0.25, 0.3) is 0 Å². The molecule has 1 aliphatic heterocycles. The van der Waals surface area contributed by atoms with Crippen molar-refractivity contribution in [1.82, 2.24) is 5.32 Å². The molecule has 2 aliphatic rings. The lowest BCUT2D eigenvalue weighted by atomic mass is 10.0. The topological polar surface area (TPSA) is 29.1 Å². The maximum Gasteiger partial charge on any atom is 0.123 e. The number of fused-ring (bicyclic) bond motifs is 3. The summed E-state index contributed by atoms with van der Waals surface area (Å²) < 4.78 is 0. The summed E-state index contributed by atoms with van der Waals surface area (Å²) in [6.45, 7) is 2.03. The smallest absolute Gasteiger partial charge is 0.123 e. The van der Waals surface area contributed by atoms with Crippen molar-refractivity contribution < 1.29 is 4.79 Å². The second-order valence-corrected chi connectivity index (χ2v) is 5.00. The van der Waals surface area contributed by atoms with Crippen molar-refractivity contribution in [2.24, 2.45) is 5.92 Å². The van der Waals surface area contributed by atoms with E-state index in [9.17, 15) is 4.79 Å². The van der Waals surface area contributed by atoms with Gasteiger partial charge in [-0.3, -0.25) is 0 Å². The van der Waals surface area contributed by atoms with Gasteiger partial charge < -0.3 is 10.1 Å². The molecule has 0 amide bonds. The van der Waals surface area contributed by atoms with Gasteiger partial charge in [-0.1, -0.05) is 24.3 Å². The van der Waals surface area contributed by atoms with Crippen LogP contribution in [0.25, 0.3) is 21.9 Å². The van der Waals surface area contributed by atoms with E-state index in [1.54, 1.807) is 0 Å². The summed E-state index contributed by atoms with van der Waals surface area (Å²) in [5.74, 6) is 0.344. The Morgan fingerprint density at radius 2 is 1.56 bits per heavy atom. The van der Waals surface area contributed by atoms with E-state index in [1.807, 2.05) is 0 Å². The van der Waals surface area contributed by atoms with Gasteiger partial charge in [-0.2, -0.15) is 0 Å². The first-order valence-electron chi connectivity index (χ1n) is 6.57. The number of hydrogen-bond donors (Lipinski definition) is 1. The van der Waals surface area contributed by atoms with Crippen molar-refractivity contribution in [3.63, 3.8) is 0 Å². The van der Waals surface area contributed by atoms with Crippen LogP contribution in [-0.4, -0.2) is 19.4 Å². The van der Waals surface area contributed by atoms with Crippen LogP contribution in [0.3, 0.4) is 0 Å². The van der Waals surface area contributed by atoms with Crippen molar-refractivity contribution in [2.75, 3.05) is 13.1 Å². The quantitative estimate of drug-likeness (QED) is 0.661. The Morgan fingerprint density at radius 3 is 2.06 bits per heavy atom. The zero-order valence-corrected chi connectivity index (χ0v) is 10.4. The number of nitrogens with one attached hydrogen (secondary N) is 1. The second kappa shape index (κ2) is 4.91. The molecule has 92 valence electrons. The molecule has 18 heavy (non-hydrogen) atoms. The van der Waals surface area contributed by atoms with E-state index < -0.39 is 0 Å². The van der Waals surface area contributed by atoms with Gasteiger partial charge in [0.05, 0.1) is 0 Å². The van der Waals surface area contributed by atoms with Gasteiger partial charge in [0.1, 0.15) is 6.29 Å². The molecule has 1 aliphatic carbocycles. The maximum atomic E-state index is 10.1. The summed E-state index contributed by atoms with van der Waals surface area (Å²) in [4.78, 5) is 10.1. The molecule has 0 spiro atoms. The standard InChI is InChI=1S/C10H6.C6H11NO/c1-3-8-5-10-6-9(8)4-2-7(1)10;8-5-6-1-3-7-4-2-6/h1-6H;5-7H,1-4H2. The lowest BCUT2D eigenvalue weighted by Crippen LogP contribution is -2.28. The molecule has 2 nitrogen and oxygen atoms in total. The lowest BCUT2D eigenvalue weighted by molar-refractivity contribution is -0.111. The van der Waals surface area contributed by atoms with Crippen LogP contribution in [0.5, 0.6) is 0 Å². The Labute approximate surface area is 107 Å². The van der Waals surface area contributed by atoms with Crippen LogP contribution in [0.1, 0.15) is 12.8 Å². The minimum absolute atomic E-state index is 0.344. The SMILES string of the molecule is O=CC1CCNCC1.c1cc2ccc3cc2cc1-3. The molecular weight excluding hydrogens is 222 g/mol. The molecule has 1 heterocycles. The average molecular weight is 239 g/mol. The number of hydrogen-bond acceptors (Lipinski definition) is 2. The number of rotatable bonds is 1. The van der Waals surface area contributed by atoms with Crippen molar-refractivity contribution in [1.29, 1.82) is 0 Å². The Balaban J connectivity index is 0.000000115. The van der Waals surface area contributed by atoms with E-state index in [1.165, 1.54) is 21.9 Å². The Hall–Kier alpha value is -1.67. The number of benzene rings is 2. The summed E-state index contributed by atoms with van der Waals surface area (Å²) in [7, 11) is 0. The number of piperidine rings is 1. The van der Waals surface area contributed by atoms with Gasteiger partial charge in [0.2, 0.25) is 0 Å². The van der Waals surface area contributed by atoms with Gasteiger partial charge in [-0.25, -0.2) is 0 Å². The van der Waals surface area contributed by atoms with Crippen LogP contribution in [-0.2, 0) is 4.79 Å². The average Bonchev–Trinajstić information content (AvgIpc) is 2.58. The minimum atomic E-state index is 0.344. The molecule has 1 fully saturated rings. The highest BCUT2D eigenvalue weighted by Crippen LogP contribution is 2.32. The van der Waals surface area contributed by atoms with Gasteiger partial charge in [0.15, 0.2) is 0 Å². The molecule has 0 atom stereocenters. The molecular formula is C16H17NO. The van der Waals surface area contributed by atoms with Gasteiger partial charge >= 0.3 is 0 Å². The van der Waals surface area contributed by atoms with Crippen molar-refractivity contribution in [2.45, 2.75) is 12.8 Å². The minimum Gasteiger partial charge on any atom is -0.317 e. The monoisotopic (exact) mass is 239 g/mol. The summed E-state index contributed by atoms with van der Waals surface area (Å²) in [6, 6.07) is 13.2. The molecule has 3 bridgehead atoms. The third-order valence-electron chi connectivity index (χ3n) is 3.75. The second-order valence-electron chi connectivity index (χ2n) is 5.00.